The quantitative estimate of drug-likeness (QED) is 0.831. The van der Waals surface area contributed by atoms with Crippen molar-refractivity contribution in [3.63, 3.8) is 0 Å². The van der Waals surface area contributed by atoms with Crippen LogP contribution in [-0.4, -0.2) is 18.4 Å². The van der Waals surface area contributed by atoms with Crippen LogP contribution in [0.25, 0.3) is 0 Å². The summed E-state index contributed by atoms with van der Waals surface area (Å²) in [4.78, 5) is 26.4. The van der Waals surface area contributed by atoms with Crippen LogP contribution in [-0.2, 0) is 22.4 Å². The summed E-state index contributed by atoms with van der Waals surface area (Å²) in [5.74, 6) is -1.03. The Labute approximate surface area is 151 Å². The van der Waals surface area contributed by atoms with Crippen molar-refractivity contribution in [2.75, 3.05) is 16.9 Å². The number of fused-ring (bicyclic) bond motifs is 1. The van der Waals surface area contributed by atoms with Gasteiger partial charge in [0.1, 0.15) is 5.82 Å². The van der Waals surface area contributed by atoms with Crippen LogP contribution in [0.5, 0.6) is 0 Å². The van der Waals surface area contributed by atoms with Gasteiger partial charge in [0.25, 0.3) is 0 Å². The van der Waals surface area contributed by atoms with Gasteiger partial charge in [-0.3, -0.25) is 20.4 Å². The summed E-state index contributed by atoms with van der Waals surface area (Å²) in [6.45, 7) is 0.370. The number of nitrogens with one attached hydrogen (secondary N) is 2. The first-order valence-electron chi connectivity index (χ1n) is 8.84. The minimum absolute atomic E-state index is 0.0371. The standard InChI is InChI=1S/C20H20FN3O2/c21-16-5-7-17(8-6-16)22-23-20(26)15-11-19(25)24(12-15)18-9-4-13-2-1-3-14(13)10-18/h4-10,15,22H,1-3,11-12H2,(H,23,26)/t15-/m1/s1. The molecule has 4 rings (SSSR count). The van der Waals surface area contributed by atoms with E-state index in [0.29, 0.717) is 12.2 Å². The highest BCUT2D eigenvalue weighted by atomic mass is 19.1. The molecule has 1 heterocycles. The lowest BCUT2D eigenvalue weighted by Crippen LogP contribution is -2.36. The fourth-order valence-electron chi connectivity index (χ4n) is 3.63. The molecule has 1 saturated heterocycles. The predicted molar refractivity (Wildman–Crippen MR) is 97.1 cm³/mol. The second-order valence-electron chi connectivity index (χ2n) is 6.83. The number of nitrogens with zero attached hydrogens (tertiary/aromatic N) is 1. The molecule has 2 N–H and O–H groups in total. The zero-order valence-electron chi connectivity index (χ0n) is 14.3. The molecule has 2 aliphatic rings. The van der Waals surface area contributed by atoms with Crippen molar-refractivity contribution in [2.24, 2.45) is 5.92 Å². The van der Waals surface area contributed by atoms with Crippen LogP contribution in [0.15, 0.2) is 42.5 Å². The molecule has 0 spiro atoms. The van der Waals surface area contributed by atoms with Crippen LogP contribution >= 0.6 is 0 Å². The van der Waals surface area contributed by atoms with E-state index in [0.717, 1.165) is 24.9 Å². The highest BCUT2D eigenvalue weighted by Crippen LogP contribution is 2.30. The minimum Gasteiger partial charge on any atom is -0.312 e. The Hall–Kier alpha value is -2.89. The Balaban J connectivity index is 1.39. The molecule has 1 fully saturated rings. The molecular formula is C20H20FN3O2. The van der Waals surface area contributed by atoms with Gasteiger partial charge in [0.05, 0.1) is 11.6 Å². The van der Waals surface area contributed by atoms with Gasteiger partial charge in [0, 0.05) is 18.7 Å². The number of amides is 2. The third-order valence-corrected chi connectivity index (χ3v) is 5.06. The molecule has 5 nitrogen and oxygen atoms in total. The number of benzene rings is 2. The van der Waals surface area contributed by atoms with Gasteiger partial charge in [-0.15, -0.1) is 0 Å². The lowest BCUT2D eigenvalue weighted by atomic mass is 10.1. The monoisotopic (exact) mass is 353 g/mol. The molecule has 0 radical (unpaired) electrons. The van der Waals surface area contributed by atoms with Crippen LogP contribution in [0.2, 0.25) is 0 Å². The van der Waals surface area contributed by atoms with Crippen molar-refractivity contribution in [3.8, 4) is 0 Å². The van der Waals surface area contributed by atoms with Crippen molar-refractivity contribution < 1.29 is 14.0 Å². The SMILES string of the molecule is O=C(NNc1ccc(F)cc1)[C@@H]1CC(=O)N(c2ccc3c(c2)CCC3)C1. The number of hydrogen-bond donors (Lipinski definition) is 2. The maximum absolute atomic E-state index is 12.9. The summed E-state index contributed by atoms with van der Waals surface area (Å²) in [5.41, 5.74) is 9.48. The Kier molecular flexibility index (Phi) is 4.32. The first-order chi connectivity index (χ1) is 12.6. The number of halogens is 1. The number of aryl methyl sites for hydroxylation is 2. The molecule has 0 unspecified atom stereocenters. The summed E-state index contributed by atoms with van der Waals surface area (Å²) in [5, 5.41) is 0. The fourth-order valence-corrected chi connectivity index (χ4v) is 3.63. The fraction of sp³-hybridized carbons (Fsp3) is 0.300. The van der Waals surface area contributed by atoms with Gasteiger partial charge in [-0.2, -0.15) is 0 Å². The van der Waals surface area contributed by atoms with Gasteiger partial charge < -0.3 is 4.90 Å². The maximum atomic E-state index is 12.9. The third-order valence-electron chi connectivity index (χ3n) is 5.06. The average Bonchev–Trinajstić information content (AvgIpc) is 3.26. The van der Waals surface area contributed by atoms with Crippen LogP contribution in [0, 0.1) is 11.7 Å². The normalized spacial score (nSPS) is 18.7. The third kappa shape index (κ3) is 3.27. The molecule has 6 heteroatoms. The lowest BCUT2D eigenvalue weighted by molar-refractivity contribution is -0.125. The van der Waals surface area contributed by atoms with Gasteiger partial charge in [-0.1, -0.05) is 6.07 Å². The van der Waals surface area contributed by atoms with E-state index in [1.54, 1.807) is 4.90 Å². The summed E-state index contributed by atoms with van der Waals surface area (Å²) >= 11 is 0. The molecule has 134 valence electrons. The zero-order valence-corrected chi connectivity index (χ0v) is 14.3. The van der Waals surface area contributed by atoms with E-state index in [1.165, 1.54) is 35.4 Å². The number of anilines is 2. The maximum Gasteiger partial charge on any atom is 0.243 e. The van der Waals surface area contributed by atoms with E-state index in [9.17, 15) is 14.0 Å². The second-order valence-corrected chi connectivity index (χ2v) is 6.83. The summed E-state index contributed by atoms with van der Waals surface area (Å²) < 4.78 is 12.9. The number of carbonyl (C=O) groups is 2. The molecule has 26 heavy (non-hydrogen) atoms. The van der Waals surface area contributed by atoms with Crippen LogP contribution < -0.4 is 15.8 Å². The summed E-state index contributed by atoms with van der Waals surface area (Å²) in [6.07, 6.45) is 3.50. The van der Waals surface area contributed by atoms with Gasteiger partial charge in [0.2, 0.25) is 11.8 Å². The summed E-state index contributed by atoms with van der Waals surface area (Å²) in [7, 11) is 0. The average molecular weight is 353 g/mol. The Morgan fingerprint density at radius 2 is 1.85 bits per heavy atom. The first kappa shape index (κ1) is 16.6. The highest BCUT2D eigenvalue weighted by Gasteiger charge is 2.35. The molecule has 1 atom stereocenters. The molecule has 2 amide bonds. The van der Waals surface area contributed by atoms with Crippen molar-refractivity contribution >= 4 is 23.2 Å². The van der Waals surface area contributed by atoms with Gasteiger partial charge in [0.15, 0.2) is 0 Å². The largest absolute Gasteiger partial charge is 0.312 e. The number of hydrazine groups is 1. The predicted octanol–water partition coefficient (Wildman–Crippen LogP) is 2.81. The van der Waals surface area contributed by atoms with Crippen LogP contribution in [0.1, 0.15) is 24.0 Å². The first-order valence-corrected chi connectivity index (χ1v) is 8.84. The lowest BCUT2D eigenvalue weighted by Gasteiger charge is -2.18. The smallest absolute Gasteiger partial charge is 0.243 e. The second kappa shape index (κ2) is 6.78. The molecule has 2 aromatic carbocycles. The van der Waals surface area contributed by atoms with Crippen molar-refractivity contribution in [3.05, 3.63) is 59.4 Å². The zero-order chi connectivity index (χ0) is 18.1. The molecule has 1 aliphatic carbocycles. The number of carbonyl (C=O) groups excluding carboxylic acids is 2. The number of hydrogen-bond acceptors (Lipinski definition) is 3. The van der Waals surface area contributed by atoms with E-state index >= 15 is 0 Å². The Morgan fingerprint density at radius 3 is 2.65 bits per heavy atom. The molecule has 0 bridgehead atoms. The van der Waals surface area contributed by atoms with Crippen molar-refractivity contribution in [2.45, 2.75) is 25.7 Å². The van der Waals surface area contributed by atoms with E-state index in [4.69, 9.17) is 0 Å². The Morgan fingerprint density at radius 1 is 1.08 bits per heavy atom. The van der Waals surface area contributed by atoms with Gasteiger partial charge in [-0.05, 0) is 66.8 Å². The number of rotatable bonds is 4. The highest BCUT2D eigenvalue weighted by molar-refractivity contribution is 6.00. The summed E-state index contributed by atoms with van der Waals surface area (Å²) in [6, 6.07) is 11.8. The van der Waals surface area contributed by atoms with Crippen LogP contribution in [0.3, 0.4) is 0 Å². The molecule has 0 saturated carbocycles. The topological polar surface area (TPSA) is 61.4 Å². The molecule has 0 aromatic heterocycles. The Bertz CT molecular complexity index is 851. The van der Waals surface area contributed by atoms with Crippen molar-refractivity contribution in [1.29, 1.82) is 0 Å². The van der Waals surface area contributed by atoms with Gasteiger partial charge >= 0.3 is 0 Å². The van der Waals surface area contributed by atoms with Crippen LogP contribution in [0.4, 0.5) is 15.8 Å². The van der Waals surface area contributed by atoms with E-state index < -0.39 is 5.92 Å². The molecule has 2 aromatic rings. The van der Waals surface area contributed by atoms with E-state index in [1.807, 2.05) is 6.07 Å². The molecular weight excluding hydrogens is 333 g/mol. The van der Waals surface area contributed by atoms with E-state index in [2.05, 4.69) is 23.0 Å². The van der Waals surface area contributed by atoms with Gasteiger partial charge in [-0.25, -0.2) is 4.39 Å². The van der Waals surface area contributed by atoms with E-state index in [-0.39, 0.29) is 24.1 Å². The molecule has 1 aliphatic heterocycles. The van der Waals surface area contributed by atoms with Crippen molar-refractivity contribution in [1.82, 2.24) is 5.43 Å². The minimum atomic E-state index is -0.413.